The highest BCUT2D eigenvalue weighted by atomic mass is 19.3. The molecule has 0 saturated carbocycles. The van der Waals surface area contributed by atoms with Gasteiger partial charge in [0.25, 0.3) is 12.3 Å². The SMILES string of the molecule is COc1ccccc1NC(=O)C(CC(C)C)Oc1ccc(CN)c(C(F)F)c1. The van der Waals surface area contributed by atoms with Gasteiger partial charge in [0.1, 0.15) is 11.5 Å². The molecule has 7 heteroatoms. The quantitative estimate of drug-likeness (QED) is 0.658. The molecule has 0 aliphatic carbocycles. The van der Waals surface area contributed by atoms with Crippen molar-refractivity contribution in [2.45, 2.75) is 39.3 Å². The van der Waals surface area contributed by atoms with Gasteiger partial charge in [-0.05, 0) is 42.2 Å². The summed E-state index contributed by atoms with van der Waals surface area (Å²) in [6, 6.07) is 11.3. The summed E-state index contributed by atoms with van der Waals surface area (Å²) in [5, 5.41) is 2.79. The lowest BCUT2D eigenvalue weighted by Crippen LogP contribution is -2.34. The van der Waals surface area contributed by atoms with Gasteiger partial charge in [0.05, 0.1) is 12.8 Å². The Bertz CT molecular complexity index is 797. The molecule has 0 aliphatic heterocycles. The van der Waals surface area contributed by atoms with Crippen molar-refractivity contribution >= 4 is 11.6 Å². The fourth-order valence-electron chi connectivity index (χ4n) is 2.80. The molecule has 2 aromatic carbocycles. The van der Waals surface area contributed by atoms with Crippen molar-refractivity contribution in [2.75, 3.05) is 12.4 Å². The van der Waals surface area contributed by atoms with Gasteiger partial charge in [-0.3, -0.25) is 4.79 Å². The molecule has 0 saturated heterocycles. The van der Waals surface area contributed by atoms with Gasteiger partial charge in [-0.15, -0.1) is 0 Å². The number of nitrogens with two attached hydrogens (primary N) is 1. The van der Waals surface area contributed by atoms with Crippen LogP contribution in [0.3, 0.4) is 0 Å². The molecule has 1 amide bonds. The maximum absolute atomic E-state index is 13.3. The Morgan fingerprint density at radius 2 is 1.89 bits per heavy atom. The zero-order valence-corrected chi connectivity index (χ0v) is 16.2. The molecule has 5 nitrogen and oxygen atoms in total. The third kappa shape index (κ3) is 5.66. The summed E-state index contributed by atoms with van der Waals surface area (Å²) in [6.07, 6.45) is -3.10. The number of hydrogen-bond donors (Lipinski definition) is 2. The molecule has 3 N–H and O–H groups in total. The molecule has 2 aromatic rings. The Labute approximate surface area is 163 Å². The minimum Gasteiger partial charge on any atom is -0.495 e. The topological polar surface area (TPSA) is 73.6 Å². The lowest BCUT2D eigenvalue weighted by molar-refractivity contribution is -0.123. The number of alkyl halides is 2. The van der Waals surface area contributed by atoms with Gasteiger partial charge in [0.2, 0.25) is 0 Å². The fraction of sp³-hybridized carbons (Fsp3) is 0.381. The molecule has 0 radical (unpaired) electrons. The summed E-state index contributed by atoms with van der Waals surface area (Å²) in [7, 11) is 1.51. The van der Waals surface area contributed by atoms with Crippen LogP contribution in [0.5, 0.6) is 11.5 Å². The molecule has 0 heterocycles. The van der Waals surface area contributed by atoms with Gasteiger partial charge in [-0.25, -0.2) is 8.78 Å². The number of carbonyl (C=O) groups excluding carboxylic acids is 1. The number of carbonyl (C=O) groups is 1. The number of amides is 1. The Morgan fingerprint density at radius 3 is 2.50 bits per heavy atom. The molecule has 152 valence electrons. The van der Waals surface area contributed by atoms with E-state index in [1.165, 1.54) is 19.2 Å². The Kier molecular flexibility index (Phi) is 7.75. The Morgan fingerprint density at radius 1 is 1.18 bits per heavy atom. The molecular formula is C21H26F2N2O3. The van der Waals surface area contributed by atoms with Crippen LogP contribution in [0.25, 0.3) is 0 Å². The Hall–Kier alpha value is -2.67. The van der Waals surface area contributed by atoms with E-state index in [0.29, 0.717) is 23.4 Å². The molecule has 0 fully saturated rings. The number of anilines is 1. The first-order chi connectivity index (χ1) is 13.3. The van der Waals surface area contributed by atoms with Gasteiger partial charge < -0.3 is 20.5 Å². The van der Waals surface area contributed by atoms with Gasteiger partial charge in [0, 0.05) is 12.1 Å². The highest BCUT2D eigenvalue weighted by molar-refractivity contribution is 5.95. The molecule has 28 heavy (non-hydrogen) atoms. The van der Waals surface area contributed by atoms with Gasteiger partial charge in [-0.2, -0.15) is 0 Å². The number of nitrogens with one attached hydrogen (secondary N) is 1. The van der Waals surface area contributed by atoms with Crippen LogP contribution in [0.2, 0.25) is 0 Å². The highest BCUT2D eigenvalue weighted by Crippen LogP contribution is 2.29. The first kappa shape index (κ1) is 21.6. The lowest BCUT2D eigenvalue weighted by Gasteiger charge is -2.22. The largest absolute Gasteiger partial charge is 0.495 e. The number of hydrogen-bond acceptors (Lipinski definition) is 4. The van der Waals surface area contributed by atoms with Crippen molar-refractivity contribution < 1.29 is 23.0 Å². The standard InChI is InChI=1S/C21H26F2N2O3/c1-13(2)10-19(21(26)25-17-6-4-5-7-18(17)27-3)28-15-9-8-14(12-24)16(11-15)20(22)23/h4-9,11,13,19-20H,10,12,24H2,1-3H3,(H,25,26). The molecule has 0 spiro atoms. The number of ether oxygens (including phenoxy) is 2. The number of rotatable bonds is 9. The molecule has 0 bridgehead atoms. The number of para-hydroxylation sites is 2. The summed E-state index contributed by atoms with van der Waals surface area (Å²) in [5.41, 5.74) is 6.19. The van der Waals surface area contributed by atoms with E-state index in [0.717, 1.165) is 0 Å². The fourth-order valence-corrected chi connectivity index (χ4v) is 2.80. The summed E-state index contributed by atoms with van der Waals surface area (Å²) in [6.45, 7) is 3.91. The number of halogens is 2. The molecule has 0 aromatic heterocycles. The van der Waals surface area contributed by atoms with Crippen molar-refractivity contribution in [2.24, 2.45) is 11.7 Å². The monoisotopic (exact) mass is 392 g/mol. The zero-order chi connectivity index (χ0) is 20.7. The van der Waals surface area contributed by atoms with Crippen LogP contribution in [0, 0.1) is 5.92 Å². The second-order valence-electron chi connectivity index (χ2n) is 6.79. The van der Waals surface area contributed by atoms with Crippen LogP contribution < -0.4 is 20.5 Å². The maximum Gasteiger partial charge on any atom is 0.265 e. The van der Waals surface area contributed by atoms with Crippen LogP contribution in [-0.4, -0.2) is 19.1 Å². The zero-order valence-electron chi connectivity index (χ0n) is 16.2. The van der Waals surface area contributed by atoms with E-state index < -0.39 is 12.5 Å². The summed E-state index contributed by atoms with van der Waals surface area (Å²) in [5.74, 6) is 0.505. The number of benzene rings is 2. The van der Waals surface area contributed by atoms with Crippen LogP contribution in [0.1, 0.15) is 37.8 Å². The minimum atomic E-state index is -2.67. The van der Waals surface area contributed by atoms with E-state index in [1.54, 1.807) is 30.3 Å². The molecule has 2 rings (SSSR count). The minimum absolute atomic E-state index is 0.00363. The second kappa shape index (κ2) is 10.0. The predicted octanol–water partition coefficient (Wildman–Crippen LogP) is 4.52. The maximum atomic E-state index is 13.3. The highest BCUT2D eigenvalue weighted by Gasteiger charge is 2.24. The van der Waals surface area contributed by atoms with E-state index in [1.807, 2.05) is 13.8 Å². The van der Waals surface area contributed by atoms with E-state index in [-0.39, 0.29) is 29.7 Å². The van der Waals surface area contributed by atoms with E-state index >= 15 is 0 Å². The molecule has 1 atom stereocenters. The summed E-state index contributed by atoms with van der Waals surface area (Å²) >= 11 is 0. The average Bonchev–Trinajstić information content (AvgIpc) is 2.67. The van der Waals surface area contributed by atoms with Crippen molar-refractivity contribution in [3.8, 4) is 11.5 Å². The van der Waals surface area contributed by atoms with Crippen LogP contribution in [0.15, 0.2) is 42.5 Å². The van der Waals surface area contributed by atoms with E-state index in [4.69, 9.17) is 15.2 Å². The van der Waals surface area contributed by atoms with Gasteiger partial charge in [0.15, 0.2) is 6.10 Å². The lowest BCUT2D eigenvalue weighted by atomic mass is 10.0. The molecule has 0 aliphatic rings. The first-order valence-corrected chi connectivity index (χ1v) is 9.07. The van der Waals surface area contributed by atoms with Gasteiger partial charge in [-0.1, -0.05) is 32.0 Å². The smallest absolute Gasteiger partial charge is 0.265 e. The van der Waals surface area contributed by atoms with Crippen molar-refractivity contribution in [1.82, 2.24) is 0 Å². The molecule has 1 unspecified atom stereocenters. The first-order valence-electron chi connectivity index (χ1n) is 9.07. The average molecular weight is 392 g/mol. The van der Waals surface area contributed by atoms with E-state index in [9.17, 15) is 13.6 Å². The van der Waals surface area contributed by atoms with Crippen molar-refractivity contribution in [3.05, 3.63) is 53.6 Å². The van der Waals surface area contributed by atoms with Crippen LogP contribution >= 0.6 is 0 Å². The second-order valence-corrected chi connectivity index (χ2v) is 6.79. The summed E-state index contributed by atoms with van der Waals surface area (Å²) < 4.78 is 37.6. The number of methoxy groups -OCH3 is 1. The summed E-state index contributed by atoms with van der Waals surface area (Å²) in [4.78, 5) is 12.8. The normalized spacial score (nSPS) is 12.1. The Balaban J connectivity index is 2.24. The third-order valence-corrected chi connectivity index (χ3v) is 4.19. The third-order valence-electron chi connectivity index (χ3n) is 4.19. The van der Waals surface area contributed by atoms with Crippen LogP contribution in [0.4, 0.5) is 14.5 Å². The van der Waals surface area contributed by atoms with Crippen LogP contribution in [-0.2, 0) is 11.3 Å². The van der Waals surface area contributed by atoms with Crippen molar-refractivity contribution in [3.63, 3.8) is 0 Å². The van der Waals surface area contributed by atoms with E-state index in [2.05, 4.69) is 5.32 Å². The molecular weight excluding hydrogens is 366 g/mol. The van der Waals surface area contributed by atoms with Gasteiger partial charge >= 0.3 is 0 Å². The predicted molar refractivity (Wildman–Crippen MR) is 105 cm³/mol. The van der Waals surface area contributed by atoms with Crippen molar-refractivity contribution in [1.29, 1.82) is 0 Å².